The van der Waals surface area contributed by atoms with Crippen LogP contribution in [0, 0.1) is 0 Å². The Labute approximate surface area is 192 Å². The topological polar surface area (TPSA) is 269 Å². The monoisotopic (exact) mass is 502 g/mol. The first-order valence-electron chi connectivity index (χ1n) is 10.4. The average molecular weight is 502 g/mol. The van der Waals surface area contributed by atoms with Crippen LogP contribution in [0.2, 0.25) is 0 Å². The summed E-state index contributed by atoms with van der Waals surface area (Å²) in [6, 6.07) is 0. The molecule has 0 aliphatic carbocycles. The van der Waals surface area contributed by atoms with Crippen molar-refractivity contribution < 1.29 is 79.9 Å². The lowest BCUT2D eigenvalue weighted by Gasteiger charge is -2.44. The van der Waals surface area contributed by atoms with Gasteiger partial charge in [-0.3, -0.25) is 0 Å². The van der Waals surface area contributed by atoms with Crippen molar-refractivity contribution in [1.29, 1.82) is 0 Å². The quantitative estimate of drug-likeness (QED) is 0.154. The summed E-state index contributed by atoms with van der Waals surface area (Å²) in [5, 5.41) is 109. The number of rotatable bonds is 7. The Kier molecular flexibility index (Phi) is 8.90. The second kappa shape index (κ2) is 11.1. The van der Waals surface area contributed by atoms with Gasteiger partial charge in [-0.15, -0.1) is 0 Å². The largest absolute Gasteiger partial charge is 0.504 e. The maximum atomic E-state index is 10.5. The van der Waals surface area contributed by atoms with Crippen molar-refractivity contribution in [2.24, 2.45) is 0 Å². The van der Waals surface area contributed by atoms with Crippen LogP contribution in [-0.2, 0) is 23.7 Å². The molecule has 0 saturated carbocycles. The third kappa shape index (κ3) is 5.09. The van der Waals surface area contributed by atoms with E-state index >= 15 is 0 Å². The fourth-order valence-electron chi connectivity index (χ4n) is 3.81. The summed E-state index contributed by atoms with van der Waals surface area (Å²) in [4.78, 5) is 0. The molecule has 198 valence electrons. The number of aliphatic hydroxyl groups excluding tert-OH is 11. The van der Waals surface area contributed by atoms with Gasteiger partial charge in [0.2, 0.25) is 5.76 Å². The highest BCUT2D eigenvalue weighted by atomic mass is 16.7. The summed E-state index contributed by atoms with van der Waals surface area (Å²) in [5.41, 5.74) is 0. The molecule has 2 fully saturated rings. The first-order valence-corrected chi connectivity index (χ1v) is 10.4. The van der Waals surface area contributed by atoms with Gasteiger partial charge in [-0.1, -0.05) is 0 Å². The minimum Gasteiger partial charge on any atom is -0.504 e. The lowest BCUT2D eigenvalue weighted by molar-refractivity contribution is -0.331. The van der Waals surface area contributed by atoms with Crippen LogP contribution in [0.4, 0.5) is 0 Å². The molecule has 8 unspecified atom stereocenters. The SMILES string of the molecule is OCC1O[C@@H](O[C@@H]2C(CO)OC(O[C@@H]3C(CO)O[C@H](O)C(O)C3O)=C(O)C2O)C(O)C(O)[C@@H]1O. The van der Waals surface area contributed by atoms with Crippen molar-refractivity contribution in [2.45, 2.75) is 79.7 Å². The molecule has 0 spiro atoms. The third-order valence-corrected chi connectivity index (χ3v) is 5.83. The summed E-state index contributed by atoms with van der Waals surface area (Å²) in [6.45, 7) is -2.39. The van der Waals surface area contributed by atoms with Crippen LogP contribution < -0.4 is 0 Å². The molecule has 34 heavy (non-hydrogen) atoms. The summed E-state index contributed by atoms with van der Waals surface area (Å²) < 4.78 is 26.1. The van der Waals surface area contributed by atoms with Crippen LogP contribution in [-0.4, -0.2) is 156 Å². The maximum Gasteiger partial charge on any atom is 0.322 e. The van der Waals surface area contributed by atoms with Crippen molar-refractivity contribution in [2.75, 3.05) is 19.8 Å². The van der Waals surface area contributed by atoms with E-state index in [9.17, 15) is 56.2 Å². The van der Waals surface area contributed by atoms with E-state index in [0.29, 0.717) is 0 Å². The molecule has 0 aromatic rings. The van der Waals surface area contributed by atoms with Gasteiger partial charge in [-0.25, -0.2) is 0 Å². The predicted octanol–water partition coefficient (Wildman–Crippen LogP) is -6.53. The van der Waals surface area contributed by atoms with Crippen LogP contribution in [0.25, 0.3) is 0 Å². The van der Waals surface area contributed by atoms with Crippen molar-refractivity contribution >= 4 is 0 Å². The summed E-state index contributed by atoms with van der Waals surface area (Å²) in [6.07, 6.45) is -22.0. The van der Waals surface area contributed by atoms with Gasteiger partial charge in [-0.05, 0) is 0 Å². The molecule has 16 heteroatoms. The molecule has 3 aliphatic rings. The Balaban J connectivity index is 1.78. The van der Waals surface area contributed by atoms with E-state index in [2.05, 4.69) is 0 Å². The van der Waals surface area contributed by atoms with Crippen molar-refractivity contribution in [3.8, 4) is 0 Å². The molecule has 0 bridgehead atoms. The standard InChI is InChI=1S/C18H30O16/c19-1-4-7(22)8(23)12(27)17(31-4)34-15-6(3-21)32-18(13(28)10(15)25)33-14-5(2-20)30-16(29)11(26)9(14)24/h4-12,14-17,19-29H,1-3H2/t4?,5?,6?,7-,8?,9?,10?,11?,12?,14-,15-,16+,17+/m1/s1. The molecular weight excluding hydrogens is 472 g/mol. The van der Waals surface area contributed by atoms with Gasteiger partial charge in [0, 0.05) is 0 Å². The molecule has 0 aromatic carbocycles. The van der Waals surface area contributed by atoms with E-state index < -0.39 is 111 Å². The third-order valence-electron chi connectivity index (χ3n) is 5.83. The Hall–Kier alpha value is -1.38. The molecule has 16 nitrogen and oxygen atoms in total. The van der Waals surface area contributed by atoms with Gasteiger partial charge < -0.3 is 79.9 Å². The normalized spacial score (nSPS) is 47.9. The first kappa shape index (κ1) is 27.2. The van der Waals surface area contributed by atoms with E-state index in [1.807, 2.05) is 0 Å². The lowest BCUT2D eigenvalue weighted by Crippen LogP contribution is -2.62. The zero-order valence-corrected chi connectivity index (χ0v) is 17.6. The van der Waals surface area contributed by atoms with E-state index in [4.69, 9.17) is 23.7 Å². The average Bonchev–Trinajstić information content (AvgIpc) is 2.83. The van der Waals surface area contributed by atoms with Gasteiger partial charge >= 0.3 is 5.95 Å². The van der Waals surface area contributed by atoms with Crippen LogP contribution in [0.5, 0.6) is 0 Å². The van der Waals surface area contributed by atoms with Crippen molar-refractivity contribution in [1.82, 2.24) is 0 Å². The fourth-order valence-corrected chi connectivity index (χ4v) is 3.81. The Morgan fingerprint density at radius 1 is 0.647 bits per heavy atom. The second-order valence-electron chi connectivity index (χ2n) is 8.07. The minimum atomic E-state index is -1.99. The summed E-state index contributed by atoms with van der Waals surface area (Å²) >= 11 is 0. The Bertz CT molecular complexity index is 701. The molecule has 3 rings (SSSR count). The minimum absolute atomic E-state index is 0.751. The fraction of sp³-hybridized carbons (Fsp3) is 0.889. The molecule has 2 saturated heterocycles. The Morgan fingerprint density at radius 2 is 1.26 bits per heavy atom. The van der Waals surface area contributed by atoms with E-state index in [1.165, 1.54) is 0 Å². The van der Waals surface area contributed by atoms with Gasteiger partial charge in [0.15, 0.2) is 24.8 Å². The highest BCUT2D eigenvalue weighted by Gasteiger charge is 2.51. The summed E-state index contributed by atoms with van der Waals surface area (Å²) in [5.74, 6) is -1.83. The van der Waals surface area contributed by atoms with Gasteiger partial charge in [0.1, 0.15) is 54.9 Å². The van der Waals surface area contributed by atoms with Crippen LogP contribution in [0.3, 0.4) is 0 Å². The first-order chi connectivity index (χ1) is 16.0. The molecule has 13 atom stereocenters. The van der Waals surface area contributed by atoms with Gasteiger partial charge in [0.05, 0.1) is 19.8 Å². The van der Waals surface area contributed by atoms with Crippen molar-refractivity contribution in [3.05, 3.63) is 11.7 Å². The zero-order valence-electron chi connectivity index (χ0n) is 17.6. The zero-order chi connectivity index (χ0) is 25.3. The van der Waals surface area contributed by atoms with Gasteiger partial charge in [-0.2, -0.15) is 0 Å². The highest BCUT2D eigenvalue weighted by Crippen LogP contribution is 2.33. The van der Waals surface area contributed by atoms with E-state index in [-0.39, 0.29) is 0 Å². The molecule has 0 radical (unpaired) electrons. The van der Waals surface area contributed by atoms with Crippen molar-refractivity contribution in [3.63, 3.8) is 0 Å². The molecule has 11 N–H and O–H groups in total. The number of hydrogen-bond acceptors (Lipinski definition) is 16. The number of hydrogen-bond donors (Lipinski definition) is 11. The molecule has 0 amide bonds. The van der Waals surface area contributed by atoms with Crippen LogP contribution in [0.1, 0.15) is 0 Å². The Morgan fingerprint density at radius 3 is 1.85 bits per heavy atom. The van der Waals surface area contributed by atoms with E-state index in [0.717, 1.165) is 0 Å². The number of aliphatic hydroxyl groups is 11. The van der Waals surface area contributed by atoms with E-state index in [1.54, 1.807) is 0 Å². The van der Waals surface area contributed by atoms with Crippen LogP contribution in [0.15, 0.2) is 11.7 Å². The van der Waals surface area contributed by atoms with Crippen LogP contribution >= 0.6 is 0 Å². The molecule has 3 heterocycles. The van der Waals surface area contributed by atoms with Gasteiger partial charge in [0.25, 0.3) is 0 Å². The lowest BCUT2D eigenvalue weighted by atomic mass is 9.98. The maximum absolute atomic E-state index is 10.5. The predicted molar refractivity (Wildman–Crippen MR) is 101 cm³/mol. The molecule has 0 aromatic heterocycles. The summed E-state index contributed by atoms with van der Waals surface area (Å²) in [7, 11) is 0. The smallest absolute Gasteiger partial charge is 0.322 e. The molecular formula is C18H30O16. The highest BCUT2D eigenvalue weighted by molar-refractivity contribution is 5.11. The molecule has 3 aliphatic heterocycles. The second-order valence-corrected chi connectivity index (χ2v) is 8.07. The number of ether oxygens (including phenoxy) is 5.